The molecule has 0 aromatic carbocycles. The normalized spacial score (nSPS) is 12.2. The van der Waals surface area contributed by atoms with Crippen LogP contribution in [-0.4, -0.2) is 0 Å². The molecule has 0 amide bonds. The number of hydrogen-bond donors (Lipinski definition) is 0. The van der Waals surface area contributed by atoms with E-state index in [4.69, 9.17) is 0 Å². The molecule has 0 atom stereocenters. The Hall–Kier alpha value is -0.780. The summed E-state index contributed by atoms with van der Waals surface area (Å²) >= 11 is 0. The predicted octanol–water partition coefficient (Wildman–Crippen LogP) is 4.26. The summed E-state index contributed by atoms with van der Waals surface area (Å²) in [6.07, 6.45) is 11.1. The van der Waals surface area contributed by atoms with E-state index in [0.717, 1.165) is 12.8 Å². The number of hydrogen-bond acceptors (Lipinski definition) is 0. The summed E-state index contributed by atoms with van der Waals surface area (Å²) in [5.41, 5.74) is 2.75. The van der Waals surface area contributed by atoms with E-state index in [1.807, 2.05) is 0 Å². The second-order valence-corrected chi connectivity index (χ2v) is 3.29. The predicted molar refractivity (Wildman–Crippen MR) is 57.2 cm³/mol. The maximum absolute atomic E-state index is 2.27. The molecular formula is C12H20. The minimum atomic E-state index is 1.15. The Bertz CT molecular complexity index is 188. The van der Waals surface area contributed by atoms with Gasteiger partial charge in [0, 0.05) is 0 Å². The van der Waals surface area contributed by atoms with Crippen LogP contribution >= 0.6 is 0 Å². The molecule has 0 aliphatic carbocycles. The van der Waals surface area contributed by atoms with Gasteiger partial charge in [-0.15, -0.1) is 0 Å². The second-order valence-electron chi connectivity index (χ2n) is 3.29. The molecule has 0 fully saturated rings. The smallest absolute Gasteiger partial charge is 0.0313 e. The van der Waals surface area contributed by atoms with Gasteiger partial charge < -0.3 is 0 Å². The SMILES string of the molecule is CC=C(C)C=CCCC=C(C)C. The Morgan fingerprint density at radius 3 is 2.25 bits per heavy atom. The van der Waals surface area contributed by atoms with Crippen molar-refractivity contribution in [3.63, 3.8) is 0 Å². The molecule has 0 heteroatoms. The minimum absolute atomic E-state index is 1.15. The summed E-state index contributed by atoms with van der Waals surface area (Å²) < 4.78 is 0. The molecule has 68 valence electrons. The van der Waals surface area contributed by atoms with Crippen LogP contribution in [-0.2, 0) is 0 Å². The van der Waals surface area contributed by atoms with Gasteiger partial charge in [0.2, 0.25) is 0 Å². The summed E-state index contributed by atoms with van der Waals surface area (Å²) in [4.78, 5) is 0. The highest BCUT2D eigenvalue weighted by atomic mass is 13.9. The van der Waals surface area contributed by atoms with Crippen LogP contribution < -0.4 is 0 Å². The Labute approximate surface area is 76.7 Å². The first-order valence-corrected chi connectivity index (χ1v) is 4.59. The van der Waals surface area contributed by atoms with Gasteiger partial charge in [0.05, 0.1) is 0 Å². The third-order valence-electron chi connectivity index (χ3n) is 1.72. The Balaban J connectivity index is 3.57. The van der Waals surface area contributed by atoms with Crippen molar-refractivity contribution in [2.45, 2.75) is 40.5 Å². The van der Waals surface area contributed by atoms with Gasteiger partial charge in [0.15, 0.2) is 0 Å². The lowest BCUT2D eigenvalue weighted by molar-refractivity contribution is 1.03. The van der Waals surface area contributed by atoms with Crippen molar-refractivity contribution in [3.05, 3.63) is 35.5 Å². The van der Waals surface area contributed by atoms with Gasteiger partial charge in [-0.3, -0.25) is 0 Å². The zero-order valence-corrected chi connectivity index (χ0v) is 8.72. The maximum atomic E-state index is 2.27. The van der Waals surface area contributed by atoms with Crippen molar-refractivity contribution in [1.29, 1.82) is 0 Å². The lowest BCUT2D eigenvalue weighted by Gasteiger charge is -1.90. The molecule has 0 saturated carbocycles. The molecule has 0 aliphatic rings. The summed E-state index contributed by atoms with van der Waals surface area (Å²) in [5, 5.41) is 0. The molecule has 0 heterocycles. The van der Waals surface area contributed by atoms with E-state index in [0.29, 0.717) is 0 Å². The summed E-state index contributed by atoms with van der Waals surface area (Å²) in [6, 6.07) is 0. The average Bonchev–Trinajstić information content (AvgIpc) is 2.03. The molecule has 0 aromatic rings. The van der Waals surface area contributed by atoms with Gasteiger partial charge in [0.25, 0.3) is 0 Å². The first-order chi connectivity index (χ1) is 5.66. The average molecular weight is 164 g/mol. The minimum Gasteiger partial charge on any atom is -0.0856 e. The van der Waals surface area contributed by atoms with Crippen LogP contribution in [0.2, 0.25) is 0 Å². The van der Waals surface area contributed by atoms with E-state index in [1.165, 1.54) is 11.1 Å². The van der Waals surface area contributed by atoms with Crippen molar-refractivity contribution in [1.82, 2.24) is 0 Å². The van der Waals surface area contributed by atoms with E-state index >= 15 is 0 Å². The third kappa shape index (κ3) is 7.33. The quantitative estimate of drug-likeness (QED) is 0.331. The summed E-state index contributed by atoms with van der Waals surface area (Å²) in [6.45, 7) is 8.47. The number of unbranched alkanes of at least 4 members (excludes halogenated alkanes) is 1. The van der Waals surface area contributed by atoms with Crippen molar-refractivity contribution in [3.8, 4) is 0 Å². The molecule has 0 spiro atoms. The van der Waals surface area contributed by atoms with Gasteiger partial charge in [-0.05, 0) is 40.5 Å². The Morgan fingerprint density at radius 2 is 1.75 bits per heavy atom. The van der Waals surface area contributed by atoms with Crippen LogP contribution in [0, 0.1) is 0 Å². The van der Waals surface area contributed by atoms with Crippen LogP contribution in [0.15, 0.2) is 35.5 Å². The molecule has 0 bridgehead atoms. The van der Waals surface area contributed by atoms with E-state index in [9.17, 15) is 0 Å². The molecule has 0 radical (unpaired) electrons. The molecule has 12 heavy (non-hydrogen) atoms. The van der Waals surface area contributed by atoms with Crippen molar-refractivity contribution in [2.24, 2.45) is 0 Å². The van der Waals surface area contributed by atoms with Gasteiger partial charge in [0.1, 0.15) is 0 Å². The van der Waals surface area contributed by atoms with Gasteiger partial charge >= 0.3 is 0 Å². The van der Waals surface area contributed by atoms with Crippen molar-refractivity contribution in [2.75, 3.05) is 0 Å². The zero-order valence-electron chi connectivity index (χ0n) is 8.72. The Morgan fingerprint density at radius 1 is 1.08 bits per heavy atom. The fourth-order valence-corrected chi connectivity index (χ4v) is 0.834. The van der Waals surface area contributed by atoms with E-state index in [1.54, 1.807) is 0 Å². The first kappa shape index (κ1) is 11.2. The molecular weight excluding hydrogens is 144 g/mol. The fraction of sp³-hybridized carbons (Fsp3) is 0.500. The topological polar surface area (TPSA) is 0 Å². The van der Waals surface area contributed by atoms with Crippen molar-refractivity contribution < 1.29 is 0 Å². The van der Waals surface area contributed by atoms with Gasteiger partial charge in [-0.2, -0.15) is 0 Å². The molecule has 0 rings (SSSR count). The first-order valence-electron chi connectivity index (χ1n) is 4.59. The van der Waals surface area contributed by atoms with Crippen LogP contribution in [0.5, 0.6) is 0 Å². The van der Waals surface area contributed by atoms with E-state index in [-0.39, 0.29) is 0 Å². The fourth-order valence-electron chi connectivity index (χ4n) is 0.834. The molecule has 0 aliphatic heterocycles. The molecule has 0 nitrogen and oxygen atoms in total. The Kier molecular flexibility index (Phi) is 6.45. The monoisotopic (exact) mass is 164 g/mol. The van der Waals surface area contributed by atoms with Gasteiger partial charge in [-0.25, -0.2) is 0 Å². The third-order valence-corrected chi connectivity index (χ3v) is 1.72. The highest BCUT2D eigenvalue weighted by Gasteiger charge is 1.79. The standard InChI is InChI=1S/C12H20/c1-5-12(4)10-8-6-7-9-11(2)3/h5,8-10H,6-7H2,1-4H3. The summed E-state index contributed by atoms with van der Waals surface area (Å²) in [5.74, 6) is 0. The highest BCUT2D eigenvalue weighted by molar-refractivity contribution is 5.14. The van der Waals surface area contributed by atoms with Crippen molar-refractivity contribution >= 4 is 0 Å². The maximum Gasteiger partial charge on any atom is -0.0313 e. The molecule has 0 aromatic heterocycles. The highest BCUT2D eigenvalue weighted by Crippen LogP contribution is 2.00. The molecule has 0 saturated heterocycles. The number of rotatable bonds is 4. The second kappa shape index (κ2) is 6.90. The van der Waals surface area contributed by atoms with Crippen LogP contribution in [0.1, 0.15) is 40.5 Å². The van der Waals surface area contributed by atoms with Crippen LogP contribution in [0.4, 0.5) is 0 Å². The van der Waals surface area contributed by atoms with Crippen LogP contribution in [0.3, 0.4) is 0 Å². The number of allylic oxidation sites excluding steroid dienone is 6. The lowest BCUT2D eigenvalue weighted by atomic mass is 10.2. The largest absolute Gasteiger partial charge is 0.0856 e. The summed E-state index contributed by atoms with van der Waals surface area (Å²) in [7, 11) is 0. The van der Waals surface area contributed by atoms with E-state index in [2.05, 4.69) is 52.0 Å². The lowest BCUT2D eigenvalue weighted by Crippen LogP contribution is -1.69. The molecule has 0 unspecified atom stereocenters. The van der Waals surface area contributed by atoms with E-state index < -0.39 is 0 Å². The van der Waals surface area contributed by atoms with Crippen LogP contribution in [0.25, 0.3) is 0 Å². The van der Waals surface area contributed by atoms with Gasteiger partial charge in [-0.1, -0.05) is 35.5 Å². The molecule has 0 N–H and O–H groups in total. The zero-order chi connectivity index (χ0) is 9.40.